The highest BCUT2D eigenvalue weighted by atomic mass is 14.9. The van der Waals surface area contributed by atoms with Crippen LogP contribution in [0.5, 0.6) is 0 Å². The Hall–Kier alpha value is -1.55. The summed E-state index contributed by atoms with van der Waals surface area (Å²) in [6.45, 7) is 5.17. The molecule has 92 valence electrons. The zero-order chi connectivity index (χ0) is 11.9. The molecule has 17 heavy (non-hydrogen) atoms. The zero-order valence-electron chi connectivity index (χ0n) is 10.3. The topological polar surface area (TPSA) is 45.6 Å². The van der Waals surface area contributed by atoms with Crippen LogP contribution in [0.25, 0.3) is 0 Å². The lowest BCUT2D eigenvalue weighted by Crippen LogP contribution is -2.15. The SMILES string of the molecule is CCn1ccc(CNCCCc2ncc[nH]2)c1. The van der Waals surface area contributed by atoms with Crippen molar-refractivity contribution in [1.29, 1.82) is 0 Å². The molecule has 0 aliphatic rings. The van der Waals surface area contributed by atoms with Crippen molar-refractivity contribution in [2.24, 2.45) is 0 Å². The predicted octanol–water partition coefficient (Wildman–Crippen LogP) is 1.95. The highest BCUT2D eigenvalue weighted by Gasteiger charge is 1.97. The van der Waals surface area contributed by atoms with Gasteiger partial charge in [-0.05, 0) is 31.5 Å². The van der Waals surface area contributed by atoms with E-state index in [9.17, 15) is 0 Å². The number of aryl methyl sites for hydroxylation is 2. The number of aromatic amines is 1. The van der Waals surface area contributed by atoms with E-state index in [1.165, 1.54) is 5.56 Å². The lowest BCUT2D eigenvalue weighted by Gasteiger charge is -2.02. The molecule has 4 nitrogen and oxygen atoms in total. The number of aromatic nitrogens is 3. The molecule has 2 aromatic heterocycles. The Balaban J connectivity index is 1.60. The van der Waals surface area contributed by atoms with Crippen molar-refractivity contribution in [2.75, 3.05) is 6.54 Å². The van der Waals surface area contributed by atoms with Crippen molar-refractivity contribution in [3.05, 3.63) is 42.2 Å². The molecule has 0 aliphatic heterocycles. The van der Waals surface area contributed by atoms with Crippen molar-refractivity contribution < 1.29 is 0 Å². The molecule has 0 saturated carbocycles. The summed E-state index contributed by atoms with van der Waals surface area (Å²) in [4.78, 5) is 7.31. The van der Waals surface area contributed by atoms with Crippen LogP contribution >= 0.6 is 0 Å². The van der Waals surface area contributed by atoms with Gasteiger partial charge in [0, 0.05) is 44.3 Å². The van der Waals surface area contributed by atoms with Gasteiger partial charge in [0.05, 0.1) is 0 Å². The number of nitrogens with zero attached hydrogens (tertiary/aromatic N) is 2. The molecule has 4 heteroatoms. The van der Waals surface area contributed by atoms with Gasteiger partial charge in [-0.25, -0.2) is 4.98 Å². The van der Waals surface area contributed by atoms with Crippen LogP contribution in [0, 0.1) is 0 Å². The number of hydrogen-bond donors (Lipinski definition) is 2. The fourth-order valence-electron chi connectivity index (χ4n) is 1.84. The molecule has 0 fully saturated rings. The second kappa shape index (κ2) is 6.25. The van der Waals surface area contributed by atoms with Gasteiger partial charge in [-0.1, -0.05) is 0 Å². The van der Waals surface area contributed by atoms with E-state index in [2.05, 4.69) is 45.2 Å². The molecule has 0 amide bonds. The lowest BCUT2D eigenvalue weighted by atomic mass is 10.3. The van der Waals surface area contributed by atoms with Gasteiger partial charge in [0.2, 0.25) is 0 Å². The molecule has 2 aromatic rings. The summed E-state index contributed by atoms with van der Waals surface area (Å²) < 4.78 is 2.19. The Labute approximate surface area is 102 Å². The van der Waals surface area contributed by atoms with E-state index in [0.29, 0.717) is 0 Å². The standard InChI is InChI=1S/C13H20N4/c1-2-17-9-5-12(11-17)10-14-6-3-4-13-15-7-8-16-13/h5,7-9,11,14H,2-4,6,10H2,1H3,(H,15,16). The number of imidazole rings is 1. The first-order chi connectivity index (χ1) is 8.38. The molecular formula is C13H20N4. The van der Waals surface area contributed by atoms with Gasteiger partial charge in [-0.2, -0.15) is 0 Å². The van der Waals surface area contributed by atoms with Gasteiger partial charge in [0.25, 0.3) is 0 Å². The lowest BCUT2D eigenvalue weighted by molar-refractivity contribution is 0.639. The van der Waals surface area contributed by atoms with E-state index in [0.717, 1.165) is 38.3 Å². The third-order valence-electron chi connectivity index (χ3n) is 2.83. The Morgan fingerprint density at radius 1 is 1.47 bits per heavy atom. The first-order valence-corrected chi connectivity index (χ1v) is 6.22. The van der Waals surface area contributed by atoms with Crippen LogP contribution in [-0.4, -0.2) is 21.1 Å². The molecule has 0 aliphatic carbocycles. The summed E-state index contributed by atoms with van der Waals surface area (Å²) in [5.41, 5.74) is 1.35. The second-order valence-corrected chi connectivity index (χ2v) is 4.17. The van der Waals surface area contributed by atoms with Crippen LogP contribution in [-0.2, 0) is 19.5 Å². The van der Waals surface area contributed by atoms with E-state index in [-0.39, 0.29) is 0 Å². The molecule has 2 heterocycles. The molecule has 0 unspecified atom stereocenters. The van der Waals surface area contributed by atoms with Gasteiger partial charge in [0.1, 0.15) is 5.82 Å². The molecule has 0 atom stereocenters. The predicted molar refractivity (Wildman–Crippen MR) is 68.7 cm³/mol. The van der Waals surface area contributed by atoms with Gasteiger partial charge < -0.3 is 14.9 Å². The van der Waals surface area contributed by atoms with E-state index in [4.69, 9.17) is 0 Å². The maximum absolute atomic E-state index is 4.20. The van der Waals surface area contributed by atoms with Crippen LogP contribution < -0.4 is 5.32 Å². The summed E-state index contributed by atoms with van der Waals surface area (Å²) >= 11 is 0. The maximum Gasteiger partial charge on any atom is 0.106 e. The quantitative estimate of drug-likeness (QED) is 0.717. The van der Waals surface area contributed by atoms with Crippen molar-refractivity contribution in [3.8, 4) is 0 Å². The minimum atomic E-state index is 0.950. The van der Waals surface area contributed by atoms with E-state index >= 15 is 0 Å². The third kappa shape index (κ3) is 3.75. The molecule has 2 N–H and O–H groups in total. The number of rotatable bonds is 7. The molecular weight excluding hydrogens is 212 g/mol. The Morgan fingerprint density at radius 2 is 2.41 bits per heavy atom. The highest BCUT2D eigenvalue weighted by Crippen LogP contribution is 2.01. The van der Waals surface area contributed by atoms with Gasteiger partial charge in [-0.15, -0.1) is 0 Å². The smallest absolute Gasteiger partial charge is 0.106 e. The van der Waals surface area contributed by atoms with Crippen LogP contribution in [0.1, 0.15) is 24.7 Å². The van der Waals surface area contributed by atoms with Gasteiger partial charge in [0.15, 0.2) is 0 Å². The fourth-order valence-corrected chi connectivity index (χ4v) is 1.84. The number of H-pyrrole nitrogens is 1. The molecule has 0 aromatic carbocycles. The Bertz CT molecular complexity index is 416. The molecule has 0 bridgehead atoms. The molecule has 0 radical (unpaired) electrons. The molecule has 0 saturated heterocycles. The minimum absolute atomic E-state index is 0.950. The van der Waals surface area contributed by atoms with E-state index in [1.807, 2.05) is 6.20 Å². The van der Waals surface area contributed by atoms with Crippen LogP contribution in [0.3, 0.4) is 0 Å². The van der Waals surface area contributed by atoms with Gasteiger partial charge in [-0.3, -0.25) is 0 Å². The monoisotopic (exact) mass is 232 g/mol. The Morgan fingerprint density at radius 3 is 3.12 bits per heavy atom. The molecule has 2 rings (SSSR count). The molecule has 0 spiro atoms. The summed E-state index contributed by atoms with van der Waals surface area (Å²) in [5.74, 6) is 1.07. The van der Waals surface area contributed by atoms with Crippen LogP contribution in [0.15, 0.2) is 30.9 Å². The average Bonchev–Trinajstić information content (AvgIpc) is 2.99. The first-order valence-electron chi connectivity index (χ1n) is 6.22. The van der Waals surface area contributed by atoms with Crippen molar-refractivity contribution in [3.63, 3.8) is 0 Å². The van der Waals surface area contributed by atoms with Crippen molar-refractivity contribution in [1.82, 2.24) is 19.9 Å². The summed E-state index contributed by atoms with van der Waals surface area (Å²) in [7, 11) is 0. The normalized spacial score (nSPS) is 10.9. The summed E-state index contributed by atoms with van der Waals surface area (Å²) in [5, 5.41) is 3.45. The van der Waals surface area contributed by atoms with Gasteiger partial charge >= 0.3 is 0 Å². The number of nitrogens with one attached hydrogen (secondary N) is 2. The average molecular weight is 232 g/mol. The summed E-state index contributed by atoms with van der Waals surface area (Å²) in [6.07, 6.45) is 10.1. The largest absolute Gasteiger partial charge is 0.354 e. The zero-order valence-corrected chi connectivity index (χ0v) is 10.3. The van der Waals surface area contributed by atoms with E-state index < -0.39 is 0 Å². The fraction of sp³-hybridized carbons (Fsp3) is 0.462. The second-order valence-electron chi connectivity index (χ2n) is 4.17. The third-order valence-corrected chi connectivity index (χ3v) is 2.83. The highest BCUT2D eigenvalue weighted by molar-refractivity contribution is 5.09. The maximum atomic E-state index is 4.20. The number of hydrogen-bond acceptors (Lipinski definition) is 2. The van der Waals surface area contributed by atoms with Crippen molar-refractivity contribution >= 4 is 0 Å². The minimum Gasteiger partial charge on any atom is -0.354 e. The van der Waals surface area contributed by atoms with E-state index in [1.54, 1.807) is 6.20 Å². The first kappa shape index (κ1) is 11.9. The van der Waals surface area contributed by atoms with Crippen molar-refractivity contribution in [2.45, 2.75) is 32.9 Å². The van der Waals surface area contributed by atoms with Crippen LogP contribution in [0.4, 0.5) is 0 Å². The summed E-state index contributed by atoms with van der Waals surface area (Å²) in [6, 6.07) is 2.17. The van der Waals surface area contributed by atoms with Crippen LogP contribution in [0.2, 0.25) is 0 Å². The Kier molecular flexibility index (Phi) is 4.38.